The summed E-state index contributed by atoms with van der Waals surface area (Å²) in [7, 11) is -4.39. The summed E-state index contributed by atoms with van der Waals surface area (Å²) in [5.74, 6) is -0.517. The molecule has 0 heterocycles. The molecule has 1 atom stereocenters. The molecular weight excluding hydrogens is 590 g/mol. The number of halogens is 5. The van der Waals surface area contributed by atoms with E-state index >= 15 is 0 Å². The normalized spacial score (nSPS) is 14.7. The summed E-state index contributed by atoms with van der Waals surface area (Å²) in [5.41, 5.74) is 1.66. The number of thioether (sulfide) groups is 1. The lowest BCUT2D eigenvalue weighted by Crippen LogP contribution is -2.55. The summed E-state index contributed by atoms with van der Waals surface area (Å²) >= 11 is 5.36. The summed E-state index contributed by atoms with van der Waals surface area (Å²) in [6, 6.07) is 10.1. The fraction of sp³-hybridized carbons (Fsp3) is 0.333. The van der Waals surface area contributed by atoms with Crippen LogP contribution >= 0.6 is 50.3 Å². The van der Waals surface area contributed by atoms with Gasteiger partial charge in [-0.3, -0.25) is 0 Å². The minimum Gasteiger partial charge on any atom is -0.207 e. The number of sulfonamides is 1. The molecule has 28 heavy (non-hydrogen) atoms. The van der Waals surface area contributed by atoms with E-state index in [0.29, 0.717) is 16.0 Å². The second kappa shape index (κ2) is 8.83. The first-order valence-corrected chi connectivity index (χ1v) is 12.3. The molecule has 0 aliphatic heterocycles. The lowest BCUT2D eigenvalue weighted by Gasteiger charge is -2.31. The largest absolute Gasteiger partial charge is 0.417 e. The topological polar surface area (TPSA) is 46.2 Å². The number of hydrogen-bond donors (Lipinski definition) is 1. The predicted octanol–water partition coefficient (Wildman–Crippen LogP) is 6.14. The van der Waals surface area contributed by atoms with Crippen LogP contribution in [0.2, 0.25) is 0 Å². The van der Waals surface area contributed by atoms with Crippen LogP contribution in [-0.2, 0) is 10.0 Å². The zero-order valence-corrected chi connectivity index (χ0v) is 20.6. The third-order valence-electron chi connectivity index (χ3n) is 3.85. The average Bonchev–Trinajstić information content (AvgIpc) is 2.50. The third kappa shape index (κ3) is 5.65. The van der Waals surface area contributed by atoms with Gasteiger partial charge in [0.15, 0.2) is 3.55 Å². The van der Waals surface area contributed by atoms with Crippen molar-refractivity contribution in [1.82, 2.24) is 4.72 Å². The Bertz CT molecular complexity index is 960. The predicted molar refractivity (Wildman–Crippen MR) is 119 cm³/mol. The Balaban J connectivity index is 2.38. The molecule has 0 saturated heterocycles. The maximum atomic E-state index is 13.8. The Hall–Kier alpha value is -0.300. The molecule has 0 aromatic heterocycles. The van der Waals surface area contributed by atoms with Crippen molar-refractivity contribution in [3.63, 3.8) is 0 Å². The van der Waals surface area contributed by atoms with Crippen LogP contribution in [0.15, 0.2) is 50.7 Å². The van der Waals surface area contributed by atoms with Crippen LogP contribution in [0.25, 0.3) is 0 Å². The Morgan fingerprint density at radius 3 is 2.18 bits per heavy atom. The Morgan fingerprint density at radius 1 is 1.11 bits per heavy atom. The summed E-state index contributed by atoms with van der Waals surface area (Å²) in [5, 5.41) is 0. The van der Waals surface area contributed by atoms with Gasteiger partial charge in [-0.25, -0.2) is 8.42 Å². The summed E-state index contributed by atoms with van der Waals surface area (Å²) < 4.78 is 67.3. The SMILES string of the molecule is Cc1cc(C)c(S(=O)(=O)NC(I)(CSc2cccc(Br)c2)C(F)(F)F)c(C)c1. The zero-order valence-electron chi connectivity index (χ0n) is 15.2. The van der Waals surface area contributed by atoms with Crippen LogP contribution in [0.4, 0.5) is 13.2 Å². The van der Waals surface area contributed by atoms with Crippen molar-refractivity contribution in [2.45, 2.75) is 40.3 Å². The minimum atomic E-state index is -4.79. The van der Waals surface area contributed by atoms with E-state index in [2.05, 4.69) is 15.9 Å². The smallest absolute Gasteiger partial charge is 0.207 e. The van der Waals surface area contributed by atoms with Crippen LogP contribution in [-0.4, -0.2) is 23.9 Å². The van der Waals surface area contributed by atoms with Crippen LogP contribution in [0, 0.1) is 20.8 Å². The molecule has 0 aliphatic carbocycles. The van der Waals surface area contributed by atoms with Crippen LogP contribution < -0.4 is 4.72 Å². The minimum absolute atomic E-state index is 0.115. The molecule has 3 nitrogen and oxygen atoms in total. The Kier molecular flexibility index (Phi) is 7.56. The van der Waals surface area contributed by atoms with E-state index in [1.54, 1.807) is 57.2 Å². The molecule has 0 radical (unpaired) electrons. The van der Waals surface area contributed by atoms with Crippen molar-refractivity contribution < 1.29 is 21.6 Å². The van der Waals surface area contributed by atoms with E-state index < -0.39 is 25.5 Å². The van der Waals surface area contributed by atoms with E-state index in [4.69, 9.17) is 0 Å². The van der Waals surface area contributed by atoms with Gasteiger partial charge in [0.05, 0.1) is 4.90 Å². The van der Waals surface area contributed by atoms with Gasteiger partial charge in [-0.05, 0) is 72.7 Å². The molecular formula is C18H18BrF3INO2S2. The van der Waals surface area contributed by atoms with E-state index in [0.717, 1.165) is 44.4 Å². The van der Waals surface area contributed by atoms with Crippen molar-refractivity contribution in [2.24, 2.45) is 0 Å². The van der Waals surface area contributed by atoms with Gasteiger partial charge in [-0.2, -0.15) is 17.9 Å². The van der Waals surface area contributed by atoms with Gasteiger partial charge in [0, 0.05) is 15.1 Å². The standard InChI is InChI=1S/C18H18BrF3INO2S2/c1-11-7-12(2)16(13(3)8-11)28(25,26)24-17(23,18(20,21)22)10-27-15-6-4-5-14(19)9-15/h4-9,24H,10H2,1-3H3. The summed E-state index contributed by atoms with van der Waals surface area (Å²) in [6.45, 7) is 4.96. The van der Waals surface area contributed by atoms with Crippen LogP contribution in [0.5, 0.6) is 0 Å². The van der Waals surface area contributed by atoms with E-state index in [1.807, 2.05) is 4.72 Å². The Labute approximate surface area is 189 Å². The lowest BCUT2D eigenvalue weighted by molar-refractivity contribution is -0.151. The Morgan fingerprint density at radius 2 is 1.68 bits per heavy atom. The van der Waals surface area contributed by atoms with Crippen molar-refractivity contribution in [1.29, 1.82) is 0 Å². The second-order valence-electron chi connectivity index (χ2n) is 6.38. The van der Waals surface area contributed by atoms with E-state index in [-0.39, 0.29) is 4.90 Å². The molecule has 0 saturated carbocycles. The maximum absolute atomic E-state index is 13.8. The lowest BCUT2D eigenvalue weighted by atomic mass is 10.1. The molecule has 10 heteroatoms. The molecule has 154 valence electrons. The van der Waals surface area contributed by atoms with Gasteiger partial charge in [-0.15, -0.1) is 11.8 Å². The number of rotatable bonds is 6. The van der Waals surface area contributed by atoms with Gasteiger partial charge >= 0.3 is 6.18 Å². The molecule has 0 spiro atoms. The fourth-order valence-corrected chi connectivity index (χ4v) is 7.41. The van der Waals surface area contributed by atoms with Crippen molar-refractivity contribution >= 4 is 60.3 Å². The summed E-state index contributed by atoms with van der Waals surface area (Å²) in [6.07, 6.45) is -4.79. The number of benzene rings is 2. The van der Waals surface area contributed by atoms with Crippen LogP contribution in [0.3, 0.4) is 0 Å². The maximum Gasteiger partial charge on any atom is 0.417 e. The molecule has 2 aromatic rings. The van der Waals surface area contributed by atoms with Gasteiger partial charge < -0.3 is 0 Å². The molecule has 1 N–H and O–H groups in total. The number of alkyl halides is 4. The van der Waals surface area contributed by atoms with Gasteiger partial charge in [0.2, 0.25) is 10.0 Å². The fourth-order valence-electron chi connectivity index (χ4n) is 2.76. The molecule has 2 aromatic carbocycles. The average molecular weight is 608 g/mol. The number of aryl methyl sites for hydroxylation is 3. The molecule has 0 fully saturated rings. The molecule has 0 aliphatic rings. The molecule has 0 amide bonds. The summed E-state index contributed by atoms with van der Waals surface area (Å²) in [4.78, 5) is 0.484. The van der Waals surface area contributed by atoms with Crippen molar-refractivity contribution in [2.75, 3.05) is 5.75 Å². The molecule has 1 unspecified atom stereocenters. The van der Waals surface area contributed by atoms with Gasteiger partial charge in [-0.1, -0.05) is 39.7 Å². The highest BCUT2D eigenvalue weighted by molar-refractivity contribution is 14.1. The number of hydrogen-bond acceptors (Lipinski definition) is 3. The first-order chi connectivity index (χ1) is 12.7. The first-order valence-electron chi connectivity index (χ1n) is 8.01. The van der Waals surface area contributed by atoms with Gasteiger partial charge in [0.25, 0.3) is 0 Å². The highest BCUT2D eigenvalue weighted by Crippen LogP contribution is 2.42. The van der Waals surface area contributed by atoms with E-state index in [9.17, 15) is 21.6 Å². The monoisotopic (exact) mass is 607 g/mol. The quantitative estimate of drug-likeness (QED) is 0.186. The van der Waals surface area contributed by atoms with Crippen LogP contribution in [0.1, 0.15) is 16.7 Å². The highest BCUT2D eigenvalue weighted by Gasteiger charge is 2.55. The zero-order chi connectivity index (χ0) is 21.3. The first kappa shape index (κ1) is 24.0. The molecule has 0 bridgehead atoms. The van der Waals surface area contributed by atoms with E-state index in [1.165, 1.54) is 0 Å². The van der Waals surface area contributed by atoms with Crippen molar-refractivity contribution in [3.8, 4) is 0 Å². The van der Waals surface area contributed by atoms with Crippen molar-refractivity contribution in [3.05, 3.63) is 57.6 Å². The second-order valence-corrected chi connectivity index (χ2v) is 11.8. The highest BCUT2D eigenvalue weighted by atomic mass is 127. The molecule has 2 rings (SSSR count). The van der Waals surface area contributed by atoms with Gasteiger partial charge in [0.1, 0.15) is 0 Å². The number of nitrogens with one attached hydrogen (secondary N) is 1. The third-order valence-corrected chi connectivity index (χ3v) is 9.46.